The molecule has 3 nitrogen and oxygen atoms in total. The molecular weight excluding hydrogens is 128 g/mol. The van der Waals surface area contributed by atoms with Gasteiger partial charge in [0.2, 0.25) is 0 Å². The van der Waals surface area contributed by atoms with E-state index in [9.17, 15) is 4.79 Å². The number of hydrogen-bond donors (Lipinski definition) is 2. The number of rotatable bonds is 3. The lowest BCUT2D eigenvalue weighted by atomic mass is 10.6. The van der Waals surface area contributed by atoms with Crippen LogP contribution in [0.25, 0.3) is 0 Å². The van der Waals surface area contributed by atoms with Crippen molar-refractivity contribution in [1.82, 2.24) is 10.6 Å². The van der Waals surface area contributed by atoms with Crippen molar-refractivity contribution < 1.29 is 4.79 Å². The largest absolute Gasteiger partial charge is 0.335 e. The van der Waals surface area contributed by atoms with E-state index in [1.807, 2.05) is 0 Å². The summed E-state index contributed by atoms with van der Waals surface area (Å²) in [5, 5.41) is 5.43. The second-order valence-electron chi connectivity index (χ2n) is 2.42. The molecule has 0 aromatic rings. The first kappa shape index (κ1) is 7.12. The van der Waals surface area contributed by atoms with Crippen molar-refractivity contribution in [3.05, 3.63) is 12.7 Å². The van der Waals surface area contributed by atoms with Crippen molar-refractivity contribution in [1.29, 1.82) is 0 Å². The molecule has 0 unspecified atom stereocenters. The minimum absolute atomic E-state index is 0.0811. The molecule has 0 saturated heterocycles. The quantitative estimate of drug-likeness (QED) is 0.555. The van der Waals surface area contributed by atoms with Crippen molar-refractivity contribution >= 4 is 6.03 Å². The maximum absolute atomic E-state index is 10.8. The maximum Gasteiger partial charge on any atom is 0.315 e. The first-order chi connectivity index (χ1) is 4.83. The second kappa shape index (κ2) is 3.25. The van der Waals surface area contributed by atoms with Gasteiger partial charge in [0.25, 0.3) is 0 Å². The molecule has 0 heterocycles. The summed E-state index contributed by atoms with van der Waals surface area (Å²) in [7, 11) is 0. The van der Waals surface area contributed by atoms with Crippen LogP contribution in [-0.4, -0.2) is 18.6 Å². The van der Waals surface area contributed by atoms with Crippen LogP contribution in [0.2, 0.25) is 0 Å². The number of carbonyl (C=O) groups excluding carboxylic acids is 1. The van der Waals surface area contributed by atoms with Gasteiger partial charge in [-0.25, -0.2) is 4.79 Å². The molecule has 1 saturated carbocycles. The lowest BCUT2D eigenvalue weighted by Gasteiger charge is -2.02. The van der Waals surface area contributed by atoms with Gasteiger partial charge in [0.15, 0.2) is 0 Å². The van der Waals surface area contributed by atoms with Crippen LogP contribution < -0.4 is 10.6 Å². The van der Waals surface area contributed by atoms with E-state index in [4.69, 9.17) is 0 Å². The van der Waals surface area contributed by atoms with E-state index >= 15 is 0 Å². The predicted molar refractivity (Wildman–Crippen MR) is 39.8 cm³/mol. The van der Waals surface area contributed by atoms with Crippen LogP contribution in [0.5, 0.6) is 0 Å². The van der Waals surface area contributed by atoms with Gasteiger partial charge in [-0.2, -0.15) is 0 Å². The zero-order valence-corrected chi connectivity index (χ0v) is 5.89. The Kier molecular flexibility index (Phi) is 2.31. The van der Waals surface area contributed by atoms with Gasteiger partial charge < -0.3 is 10.6 Å². The molecule has 1 aliphatic rings. The summed E-state index contributed by atoms with van der Waals surface area (Å²) in [6.07, 6.45) is 3.91. The van der Waals surface area contributed by atoms with Crippen LogP contribution in [0.15, 0.2) is 12.7 Å². The lowest BCUT2D eigenvalue weighted by Crippen LogP contribution is -2.36. The Bertz CT molecular complexity index is 141. The predicted octanol–water partition coefficient (Wildman–Crippen LogP) is 0.634. The molecule has 0 radical (unpaired) electrons. The molecule has 0 bridgehead atoms. The van der Waals surface area contributed by atoms with Crippen LogP contribution in [0.4, 0.5) is 4.79 Å². The minimum Gasteiger partial charge on any atom is -0.335 e. The fourth-order valence-corrected chi connectivity index (χ4v) is 0.629. The fraction of sp³-hybridized carbons (Fsp3) is 0.571. The molecule has 1 rings (SSSR count). The Hall–Kier alpha value is -0.990. The first-order valence-electron chi connectivity index (χ1n) is 3.48. The second-order valence-corrected chi connectivity index (χ2v) is 2.42. The topological polar surface area (TPSA) is 41.1 Å². The highest BCUT2D eigenvalue weighted by molar-refractivity contribution is 5.74. The Labute approximate surface area is 60.5 Å². The van der Waals surface area contributed by atoms with Gasteiger partial charge >= 0.3 is 6.03 Å². The van der Waals surface area contributed by atoms with E-state index in [0.29, 0.717) is 12.6 Å². The number of hydrogen-bond acceptors (Lipinski definition) is 1. The number of urea groups is 1. The zero-order valence-electron chi connectivity index (χ0n) is 5.89. The molecule has 2 amide bonds. The summed E-state index contributed by atoms with van der Waals surface area (Å²) in [6, 6.07) is 0.354. The van der Waals surface area contributed by atoms with Crippen molar-refractivity contribution in [2.24, 2.45) is 0 Å². The van der Waals surface area contributed by atoms with Crippen molar-refractivity contribution in [3.8, 4) is 0 Å². The van der Waals surface area contributed by atoms with Crippen LogP contribution in [0, 0.1) is 0 Å². The average molecular weight is 140 g/mol. The van der Waals surface area contributed by atoms with Gasteiger partial charge in [-0.1, -0.05) is 6.08 Å². The highest BCUT2D eigenvalue weighted by Gasteiger charge is 2.22. The van der Waals surface area contributed by atoms with Gasteiger partial charge in [-0.3, -0.25) is 0 Å². The van der Waals surface area contributed by atoms with E-state index in [1.165, 1.54) is 0 Å². The standard InChI is InChI=1S/C7H12N2O/c1-2-5-8-7(10)9-6-3-4-6/h2,6H,1,3-5H2,(H2,8,9,10). The number of nitrogens with one attached hydrogen (secondary N) is 2. The molecular formula is C7H12N2O. The molecule has 10 heavy (non-hydrogen) atoms. The molecule has 0 atom stereocenters. The Balaban J connectivity index is 2.02. The molecule has 56 valence electrons. The monoisotopic (exact) mass is 140 g/mol. The van der Waals surface area contributed by atoms with Crippen molar-refractivity contribution in [2.45, 2.75) is 18.9 Å². The van der Waals surface area contributed by atoms with Crippen LogP contribution in [0.3, 0.4) is 0 Å². The average Bonchev–Trinajstić information content (AvgIpc) is 2.67. The van der Waals surface area contributed by atoms with E-state index in [2.05, 4.69) is 17.2 Å². The summed E-state index contributed by atoms with van der Waals surface area (Å²) in [5.74, 6) is 0. The van der Waals surface area contributed by atoms with Gasteiger partial charge in [-0.15, -0.1) is 6.58 Å². The third-order valence-electron chi connectivity index (χ3n) is 1.32. The van der Waals surface area contributed by atoms with E-state index < -0.39 is 0 Å². The lowest BCUT2D eigenvalue weighted by molar-refractivity contribution is 0.241. The summed E-state index contributed by atoms with van der Waals surface area (Å²) < 4.78 is 0. The van der Waals surface area contributed by atoms with Gasteiger partial charge in [-0.05, 0) is 12.8 Å². The van der Waals surface area contributed by atoms with Crippen molar-refractivity contribution in [3.63, 3.8) is 0 Å². The molecule has 0 aromatic carbocycles. The van der Waals surface area contributed by atoms with Gasteiger partial charge in [0.1, 0.15) is 0 Å². The maximum atomic E-state index is 10.8. The summed E-state index contributed by atoms with van der Waals surface area (Å²) in [6.45, 7) is 4.03. The molecule has 0 aromatic heterocycles. The third kappa shape index (κ3) is 2.53. The molecule has 1 fully saturated rings. The highest BCUT2D eigenvalue weighted by Crippen LogP contribution is 2.17. The van der Waals surface area contributed by atoms with Gasteiger partial charge in [0.05, 0.1) is 0 Å². The summed E-state index contributed by atoms with van der Waals surface area (Å²) in [5.41, 5.74) is 0. The zero-order chi connectivity index (χ0) is 7.40. The van der Waals surface area contributed by atoms with E-state index in [-0.39, 0.29) is 6.03 Å². The number of carbonyl (C=O) groups is 1. The highest BCUT2D eigenvalue weighted by atomic mass is 16.2. The molecule has 2 N–H and O–H groups in total. The van der Waals surface area contributed by atoms with Gasteiger partial charge in [0, 0.05) is 12.6 Å². The Morgan fingerprint density at radius 3 is 2.90 bits per heavy atom. The third-order valence-corrected chi connectivity index (χ3v) is 1.32. The molecule has 3 heteroatoms. The Morgan fingerprint density at radius 1 is 1.70 bits per heavy atom. The molecule has 0 aliphatic heterocycles. The van der Waals surface area contributed by atoms with Crippen LogP contribution in [-0.2, 0) is 0 Å². The Morgan fingerprint density at radius 2 is 2.40 bits per heavy atom. The fourth-order valence-electron chi connectivity index (χ4n) is 0.629. The summed E-state index contributed by atoms with van der Waals surface area (Å²) in [4.78, 5) is 10.8. The smallest absolute Gasteiger partial charge is 0.315 e. The SMILES string of the molecule is C=CCNC(=O)NC1CC1. The number of amides is 2. The first-order valence-corrected chi connectivity index (χ1v) is 3.48. The minimum atomic E-state index is -0.0811. The molecule has 1 aliphatic carbocycles. The van der Waals surface area contributed by atoms with Crippen LogP contribution >= 0.6 is 0 Å². The summed E-state index contributed by atoms with van der Waals surface area (Å²) >= 11 is 0. The van der Waals surface area contributed by atoms with E-state index in [1.54, 1.807) is 6.08 Å². The van der Waals surface area contributed by atoms with Crippen LogP contribution in [0.1, 0.15) is 12.8 Å². The molecule has 0 spiro atoms. The van der Waals surface area contributed by atoms with E-state index in [0.717, 1.165) is 12.8 Å². The normalized spacial score (nSPS) is 16.0. The van der Waals surface area contributed by atoms with Crippen molar-refractivity contribution in [2.75, 3.05) is 6.54 Å².